The maximum absolute atomic E-state index is 13.5. The van der Waals surface area contributed by atoms with Crippen LogP contribution < -0.4 is 11.1 Å². The van der Waals surface area contributed by atoms with E-state index in [1.807, 2.05) is 6.92 Å². The van der Waals surface area contributed by atoms with Crippen molar-refractivity contribution in [2.24, 2.45) is 11.7 Å². The number of aromatic nitrogens is 1. The van der Waals surface area contributed by atoms with Gasteiger partial charge < -0.3 is 16.0 Å². The fourth-order valence-electron chi connectivity index (χ4n) is 3.52. The van der Waals surface area contributed by atoms with Crippen molar-refractivity contribution in [1.29, 1.82) is 0 Å². The van der Waals surface area contributed by atoms with Crippen molar-refractivity contribution < 1.29 is 14.0 Å². The first-order valence-electron chi connectivity index (χ1n) is 8.50. The van der Waals surface area contributed by atoms with E-state index < -0.39 is 11.8 Å². The van der Waals surface area contributed by atoms with E-state index in [0.717, 1.165) is 54.6 Å². The third kappa shape index (κ3) is 3.99. The molecule has 1 aromatic heterocycles. The van der Waals surface area contributed by atoms with Crippen LogP contribution in [0.4, 0.5) is 4.39 Å². The van der Waals surface area contributed by atoms with Gasteiger partial charge in [0, 0.05) is 36.2 Å². The zero-order valence-electron chi connectivity index (χ0n) is 14.3. The van der Waals surface area contributed by atoms with Crippen molar-refractivity contribution in [2.75, 3.05) is 19.6 Å². The Morgan fingerprint density at radius 1 is 1.44 bits per heavy atom. The second kappa shape index (κ2) is 7.23. The van der Waals surface area contributed by atoms with Gasteiger partial charge in [-0.1, -0.05) is 0 Å². The standard InChI is InChI=1S/C18H23FN4O2/c1-11-14-7-13(19)4-5-15(14)22-16(11)10-23-6-2-3-12(9-23)8-21-18(25)17(20)24/h4-5,7,12,22H,2-3,6,8-10H2,1H3,(H2,20,24)(H,21,25). The molecule has 6 nitrogen and oxygen atoms in total. The first kappa shape index (κ1) is 17.4. The summed E-state index contributed by atoms with van der Waals surface area (Å²) in [5, 5.41) is 3.50. The molecular formula is C18H23FN4O2. The van der Waals surface area contributed by atoms with Crippen LogP contribution in [0.1, 0.15) is 24.1 Å². The van der Waals surface area contributed by atoms with Gasteiger partial charge in [0.15, 0.2) is 0 Å². The Balaban J connectivity index is 1.64. The minimum Gasteiger partial charge on any atom is -0.361 e. The molecule has 0 bridgehead atoms. The molecule has 0 spiro atoms. The summed E-state index contributed by atoms with van der Waals surface area (Å²) in [4.78, 5) is 27.8. The van der Waals surface area contributed by atoms with Crippen molar-refractivity contribution >= 4 is 22.7 Å². The van der Waals surface area contributed by atoms with Crippen LogP contribution in [0, 0.1) is 18.7 Å². The van der Waals surface area contributed by atoms with Crippen molar-refractivity contribution in [1.82, 2.24) is 15.2 Å². The van der Waals surface area contributed by atoms with E-state index in [4.69, 9.17) is 5.73 Å². The van der Waals surface area contributed by atoms with E-state index >= 15 is 0 Å². The van der Waals surface area contributed by atoms with Crippen LogP contribution in [0.3, 0.4) is 0 Å². The Morgan fingerprint density at radius 3 is 3.00 bits per heavy atom. The summed E-state index contributed by atoms with van der Waals surface area (Å²) in [6.07, 6.45) is 2.04. The quantitative estimate of drug-likeness (QED) is 0.732. The number of H-pyrrole nitrogens is 1. The number of likely N-dealkylation sites (tertiary alicyclic amines) is 1. The monoisotopic (exact) mass is 346 g/mol. The Labute approximate surface area is 145 Å². The van der Waals surface area contributed by atoms with Gasteiger partial charge in [0.2, 0.25) is 0 Å². The molecular weight excluding hydrogens is 323 g/mol. The predicted molar refractivity (Wildman–Crippen MR) is 93.2 cm³/mol. The van der Waals surface area contributed by atoms with Crippen molar-refractivity contribution in [2.45, 2.75) is 26.3 Å². The number of hydrogen-bond donors (Lipinski definition) is 3. The third-order valence-corrected chi connectivity index (χ3v) is 4.88. The smallest absolute Gasteiger partial charge is 0.309 e. The topological polar surface area (TPSA) is 91.2 Å². The second-order valence-electron chi connectivity index (χ2n) is 6.74. The molecule has 2 heterocycles. The molecule has 1 atom stereocenters. The number of aryl methyl sites for hydroxylation is 1. The van der Waals surface area contributed by atoms with Crippen LogP contribution in [0.5, 0.6) is 0 Å². The van der Waals surface area contributed by atoms with Crippen LogP contribution in [0.2, 0.25) is 0 Å². The van der Waals surface area contributed by atoms with Crippen molar-refractivity contribution in [3.63, 3.8) is 0 Å². The van der Waals surface area contributed by atoms with Gasteiger partial charge >= 0.3 is 11.8 Å². The van der Waals surface area contributed by atoms with Crippen LogP contribution in [-0.2, 0) is 16.1 Å². The molecule has 2 amide bonds. The summed E-state index contributed by atoms with van der Waals surface area (Å²) in [5.74, 6) is -1.62. The molecule has 1 aliphatic rings. The van der Waals surface area contributed by atoms with E-state index in [1.54, 1.807) is 12.1 Å². The molecule has 134 valence electrons. The number of nitrogens with zero attached hydrogens (tertiary/aromatic N) is 1. The largest absolute Gasteiger partial charge is 0.361 e. The summed E-state index contributed by atoms with van der Waals surface area (Å²) >= 11 is 0. The number of nitrogens with two attached hydrogens (primary N) is 1. The second-order valence-corrected chi connectivity index (χ2v) is 6.74. The Kier molecular flexibility index (Phi) is 5.03. The zero-order chi connectivity index (χ0) is 18.0. The highest BCUT2D eigenvalue weighted by Gasteiger charge is 2.22. The van der Waals surface area contributed by atoms with E-state index in [1.165, 1.54) is 6.07 Å². The lowest BCUT2D eigenvalue weighted by Crippen LogP contribution is -2.43. The summed E-state index contributed by atoms with van der Waals surface area (Å²) in [7, 11) is 0. The van der Waals surface area contributed by atoms with Gasteiger partial charge in [-0.3, -0.25) is 14.5 Å². The summed E-state index contributed by atoms with van der Waals surface area (Å²) in [6.45, 7) is 5.02. The van der Waals surface area contributed by atoms with Crippen LogP contribution in [-0.4, -0.2) is 41.3 Å². The number of carbonyl (C=O) groups is 2. The molecule has 1 aromatic carbocycles. The zero-order valence-corrected chi connectivity index (χ0v) is 14.3. The number of benzene rings is 1. The highest BCUT2D eigenvalue weighted by atomic mass is 19.1. The van der Waals surface area contributed by atoms with Gasteiger partial charge in [-0.05, 0) is 56.0 Å². The van der Waals surface area contributed by atoms with Gasteiger partial charge in [0.1, 0.15) is 5.82 Å². The van der Waals surface area contributed by atoms with Crippen LogP contribution in [0.25, 0.3) is 10.9 Å². The number of fused-ring (bicyclic) bond motifs is 1. The number of aromatic amines is 1. The minimum atomic E-state index is -0.950. The molecule has 1 fully saturated rings. The first-order valence-corrected chi connectivity index (χ1v) is 8.50. The lowest BCUT2D eigenvalue weighted by atomic mass is 9.97. The van der Waals surface area contributed by atoms with Crippen LogP contribution in [0.15, 0.2) is 18.2 Å². The van der Waals surface area contributed by atoms with E-state index in [9.17, 15) is 14.0 Å². The van der Waals surface area contributed by atoms with E-state index in [-0.39, 0.29) is 5.82 Å². The third-order valence-electron chi connectivity index (χ3n) is 4.88. The number of hydrogen-bond acceptors (Lipinski definition) is 3. The normalized spacial score (nSPS) is 18.4. The maximum atomic E-state index is 13.5. The highest BCUT2D eigenvalue weighted by Crippen LogP contribution is 2.25. The first-order chi connectivity index (χ1) is 11.9. The molecule has 0 saturated carbocycles. The van der Waals surface area contributed by atoms with Crippen molar-refractivity contribution in [3.8, 4) is 0 Å². The van der Waals surface area contributed by atoms with Gasteiger partial charge in [-0.15, -0.1) is 0 Å². The van der Waals surface area contributed by atoms with Crippen molar-refractivity contribution in [3.05, 3.63) is 35.3 Å². The number of piperidine rings is 1. The number of rotatable bonds is 4. The van der Waals surface area contributed by atoms with Gasteiger partial charge in [-0.25, -0.2) is 4.39 Å². The molecule has 3 rings (SSSR count). The number of nitrogens with one attached hydrogen (secondary N) is 2. The Bertz CT molecular complexity index is 802. The summed E-state index contributed by atoms with van der Waals surface area (Å²) < 4.78 is 13.5. The van der Waals surface area contributed by atoms with Crippen LogP contribution >= 0.6 is 0 Å². The molecule has 2 aromatic rings. The SMILES string of the molecule is Cc1c(CN2CCCC(CNC(=O)C(N)=O)C2)[nH]c2ccc(F)cc12. The maximum Gasteiger partial charge on any atom is 0.309 e. The number of primary amides is 1. The molecule has 1 aliphatic heterocycles. The number of carbonyl (C=O) groups excluding carboxylic acids is 2. The summed E-state index contributed by atoms with van der Waals surface area (Å²) in [5.41, 5.74) is 8.05. The predicted octanol–water partition coefficient (Wildman–Crippen LogP) is 1.43. The molecule has 7 heteroatoms. The lowest BCUT2D eigenvalue weighted by Gasteiger charge is -2.32. The summed E-state index contributed by atoms with van der Waals surface area (Å²) in [6, 6.07) is 4.78. The van der Waals surface area contributed by atoms with E-state index in [0.29, 0.717) is 12.5 Å². The average molecular weight is 346 g/mol. The minimum absolute atomic E-state index is 0.232. The van der Waals surface area contributed by atoms with E-state index in [2.05, 4.69) is 15.2 Å². The lowest BCUT2D eigenvalue weighted by molar-refractivity contribution is -0.137. The fourth-order valence-corrected chi connectivity index (χ4v) is 3.52. The van der Waals surface area contributed by atoms with Gasteiger partial charge in [-0.2, -0.15) is 0 Å². The Hall–Kier alpha value is -2.41. The van der Waals surface area contributed by atoms with Gasteiger partial charge in [0.05, 0.1) is 0 Å². The average Bonchev–Trinajstić information content (AvgIpc) is 2.89. The van der Waals surface area contributed by atoms with Gasteiger partial charge in [0.25, 0.3) is 0 Å². The number of amides is 2. The number of halogens is 1. The molecule has 0 radical (unpaired) electrons. The molecule has 4 N–H and O–H groups in total. The fraction of sp³-hybridized carbons (Fsp3) is 0.444. The Morgan fingerprint density at radius 2 is 2.24 bits per heavy atom. The molecule has 0 aliphatic carbocycles. The molecule has 1 unspecified atom stereocenters. The molecule has 1 saturated heterocycles. The highest BCUT2D eigenvalue weighted by molar-refractivity contribution is 6.34. The molecule has 25 heavy (non-hydrogen) atoms.